The summed E-state index contributed by atoms with van der Waals surface area (Å²) < 4.78 is 16.9. The molecule has 0 amide bonds. The lowest BCUT2D eigenvalue weighted by Gasteiger charge is -2.31. The van der Waals surface area contributed by atoms with Crippen LogP contribution in [0.1, 0.15) is 110 Å². The van der Waals surface area contributed by atoms with Crippen molar-refractivity contribution in [3.05, 3.63) is 60.8 Å². The maximum Gasteiger partial charge on any atom is 0.362 e. The Morgan fingerprint density at radius 1 is 0.696 bits per heavy atom. The van der Waals surface area contributed by atoms with Gasteiger partial charge in [-0.2, -0.15) is 0 Å². The number of rotatable bonds is 29. The van der Waals surface area contributed by atoms with Crippen molar-refractivity contribution in [3.63, 3.8) is 0 Å². The van der Waals surface area contributed by atoms with Gasteiger partial charge in [0.15, 0.2) is 12.1 Å². The zero-order chi connectivity index (χ0) is 34.3. The van der Waals surface area contributed by atoms with E-state index in [1.807, 2.05) is 39.4 Å². The largest absolute Gasteiger partial charge is 0.477 e. The van der Waals surface area contributed by atoms with Gasteiger partial charge in [0.25, 0.3) is 0 Å². The molecule has 8 heteroatoms. The predicted molar refractivity (Wildman–Crippen MR) is 187 cm³/mol. The minimum Gasteiger partial charge on any atom is -0.477 e. The van der Waals surface area contributed by atoms with E-state index in [1.165, 1.54) is 38.5 Å². The summed E-state index contributed by atoms with van der Waals surface area (Å²) in [5, 5.41) is 9.54. The van der Waals surface area contributed by atoms with Crippen molar-refractivity contribution in [1.29, 1.82) is 0 Å². The number of likely N-dealkylation sites (N-methyl/N-ethyl adjacent to an activating group) is 1. The number of carboxylic acid groups (broad SMARTS) is 1. The second-order valence-corrected chi connectivity index (χ2v) is 12.4. The van der Waals surface area contributed by atoms with E-state index in [4.69, 9.17) is 14.2 Å². The Labute approximate surface area is 279 Å². The first-order valence-electron chi connectivity index (χ1n) is 17.3. The Kier molecular flexibility index (Phi) is 27.5. The maximum absolute atomic E-state index is 12.5. The van der Waals surface area contributed by atoms with Crippen molar-refractivity contribution in [3.8, 4) is 0 Å². The van der Waals surface area contributed by atoms with Gasteiger partial charge in [-0.15, -0.1) is 0 Å². The van der Waals surface area contributed by atoms with E-state index in [0.29, 0.717) is 12.8 Å². The predicted octanol–water partition coefficient (Wildman–Crippen LogP) is 8.29. The third-order valence-electron chi connectivity index (χ3n) is 7.20. The second-order valence-electron chi connectivity index (χ2n) is 12.4. The first-order valence-corrected chi connectivity index (χ1v) is 17.3. The second kappa shape index (κ2) is 29.4. The summed E-state index contributed by atoms with van der Waals surface area (Å²) in [5.74, 6) is -1.72. The highest BCUT2D eigenvalue weighted by Gasteiger charge is 2.31. The number of quaternary nitrogens is 1. The Morgan fingerprint density at radius 3 is 1.91 bits per heavy atom. The van der Waals surface area contributed by atoms with E-state index >= 15 is 0 Å². The zero-order valence-electron chi connectivity index (χ0n) is 29.5. The molecule has 0 saturated carbocycles. The van der Waals surface area contributed by atoms with Crippen LogP contribution >= 0.6 is 0 Å². The van der Waals surface area contributed by atoms with E-state index in [1.54, 1.807) is 6.08 Å². The number of carbonyl (C=O) groups is 3. The summed E-state index contributed by atoms with van der Waals surface area (Å²) in [5.41, 5.74) is 0. The van der Waals surface area contributed by atoms with Crippen LogP contribution in [0.25, 0.3) is 0 Å². The van der Waals surface area contributed by atoms with Gasteiger partial charge < -0.3 is 23.8 Å². The van der Waals surface area contributed by atoms with Crippen LogP contribution in [-0.2, 0) is 28.6 Å². The molecule has 1 N–H and O–H groups in total. The Bertz CT molecular complexity index is 943. The Morgan fingerprint density at radius 2 is 1.28 bits per heavy atom. The van der Waals surface area contributed by atoms with Crippen LogP contribution in [0.2, 0.25) is 0 Å². The van der Waals surface area contributed by atoms with Gasteiger partial charge in [0.05, 0.1) is 40.8 Å². The van der Waals surface area contributed by atoms with E-state index in [-0.39, 0.29) is 43.1 Å². The minimum absolute atomic E-state index is 0.00517. The molecule has 0 saturated heterocycles. The topological polar surface area (TPSA) is 99.1 Å². The molecule has 8 nitrogen and oxygen atoms in total. The standard InChI is InChI=1S/C38H63NO7/c1-6-8-10-12-14-16-17-18-19-21-22-24-26-28-36(40)45-33-34(32-44-31-30-35(38(42)43)39(3,4)5)46-37(41)29-27-25-23-20-15-13-11-9-7-2/h9,11,15,18-20,22,24-25,27,34-35H,6-8,10,12-14,16-17,21,23,26,28-33H2,1-5H3/p+1/b11-9+,19-18+,20-15+,24-22+,27-25+. The summed E-state index contributed by atoms with van der Waals surface area (Å²) in [6, 6.07) is -0.635. The molecule has 46 heavy (non-hydrogen) atoms. The fourth-order valence-electron chi connectivity index (χ4n) is 4.50. The molecule has 0 rings (SSSR count). The van der Waals surface area contributed by atoms with Crippen molar-refractivity contribution in [2.75, 3.05) is 41.0 Å². The molecule has 0 aliphatic heterocycles. The lowest BCUT2D eigenvalue weighted by Crippen LogP contribution is -2.50. The summed E-state index contributed by atoms with van der Waals surface area (Å²) in [6.45, 7) is 4.39. The van der Waals surface area contributed by atoms with Crippen molar-refractivity contribution in [1.82, 2.24) is 0 Å². The molecule has 0 aromatic heterocycles. The first-order chi connectivity index (χ1) is 22.1. The third kappa shape index (κ3) is 27.3. The molecule has 262 valence electrons. The molecule has 0 aliphatic rings. The average Bonchev–Trinajstić information content (AvgIpc) is 3.00. The maximum atomic E-state index is 12.5. The smallest absolute Gasteiger partial charge is 0.362 e. The Hall–Kier alpha value is -2.97. The van der Waals surface area contributed by atoms with Gasteiger partial charge in [0.2, 0.25) is 0 Å². The van der Waals surface area contributed by atoms with Crippen LogP contribution in [0.4, 0.5) is 0 Å². The van der Waals surface area contributed by atoms with Crippen LogP contribution < -0.4 is 0 Å². The molecular weight excluding hydrogens is 582 g/mol. The monoisotopic (exact) mass is 646 g/mol. The van der Waals surface area contributed by atoms with Gasteiger partial charge in [-0.3, -0.25) is 9.59 Å². The average molecular weight is 647 g/mol. The highest BCUT2D eigenvalue weighted by Crippen LogP contribution is 2.10. The van der Waals surface area contributed by atoms with Crippen LogP contribution in [0.5, 0.6) is 0 Å². The number of carboxylic acids is 1. The van der Waals surface area contributed by atoms with Gasteiger partial charge >= 0.3 is 17.9 Å². The number of esters is 2. The highest BCUT2D eigenvalue weighted by molar-refractivity contribution is 5.72. The van der Waals surface area contributed by atoms with Gasteiger partial charge in [-0.05, 0) is 44.9 Å². The van der Waals surface area contributed by atoms with Crippen LogP contribution in [-0.4, -0.2) is 80.6 Å². The molecule has 0 aliphatic carbocycles. The molecular formula is C38H64NO7+. The molecule has 0 bridgehead atoms. The molecule has 0 heterocycles. The van der Waals surface area contributed by atoms with Gasteiger partial charge in [0.1, 0.15) is 6.61 Å². The van der Waals surface area contributed by atoms with E-state index in [9.17, 15) is 19.5 Å². The first kappa shape index (κ1) is 43.0. The number of hydrogen-bond donors (Lipinski definition) is 1. The lowest BCUT2D eigenvalue weighted by atomic mass is 10.1. The van der Waals surface area contributed by atoms with Crippen LogP contribution in [0.3, 0.4) is 0 Å². The normalized spacial score (nSPS) is 13.8. The van der Waals surface area contributed by atoms with Gasteiger partial charge in [0, 0.05) is 12.8 Å². The number of carbonyl (C=O) groups excluding carboxylic acids is 2. The number of unbranched alkanes of at least 4 members (excludes halogenated alkanes) is 6. The summed E-state index contributed by atoms with van der Waals surface area (Å²) in [4.78, 5) is 36.5. The molecule has 0 aromatic carbocycles. The van der Waals surface area contributed by atoms with Gasteiger partial charge in [-0.25, -0.2) is 4.79 Å². The molecule has 0 radical (unpaired) electrons. The number of allylic oxidation sites excluding steroid dienone is 9. The summed E-state index contributed by atoms with van der Waals surface area (Å²) in [6.07, 6.45) is 33.2. The minimum atomic E-state index is -0.898. The molecule has 0 aromatic rings. The number of nitrogens with zero attached hydrogens (tertiary/aromatic N) is 1. The highest BCUT2D eigenvalue weighted by atomic mass is 16.6. The van der Waals surface area contributed by atoms with Crippen molar-refractivity contribution < 1.29 is 38.2 Å². The van der Waals surface area contributed by atoms with Gasteiger partial charge in [-0.1, -0.05) is 107 Å². The number of aliphatic carboxylic acids is 1. The van der Waals surface area contributed by atoms with Crippen molar-refractivity contribution in [2.45, 2.75) is 122 Å². The zero-order valence-corrected chi connectivity index (χ0v) is 29.5. The number of hydrogen-bond acceptors (Lipinski definition) is 6. The van der Waals surface area contributed by atoms with Crippen molar-refractivity contribution >= 4 is 17.9 Å². The van der Waals surface area contributed by atoms with E-state index in [2.05, 4.69) is 50.3 Å². The SMILES string of the molecule is CC/C=C/C/C=C/C/C=C/CC(=O)OC(COCCC(C(=O)O)[N+](C)(C)C)COC(=O)CC/C=C/C/C=C/CCCCCCCC. The third-order valence-corrected chi connectivity index (χ3v) is 7.20. The summed E-state index contributed by atoms with van der Waals surface area (Å²) >= 11 is 0. The quantitative estimate of drug-likeness (QED) is 0.0378. The van der Waals surface area contributed by atoms with Crippen LogP contribution in [0.15, 0.2) is 60.8 Å². The molecule has 2 unspecified atom stereocenters. The summed E-state index contributed by atoms with van der Waals surface area (Å²) in [7, 11) is 5.45. The lowest BCUT2D eigenvalue weighted by molar-refractivity contribution is -0.887. The Balaban J connectivity index is 4.64. The molecule has 0 fully saturated rings. The fourth-order valence-corrected chi connectivity index (χ4v) is 4.50. The fraction of sp³-hybridized carbons (Fsp3) is 0.658. The van der Waals surface area contributed by atoms with E-state index in [0.717, 1.165) is 32.1 Å². The van der Waals surface area contributed by atoms with E-state index < -0.39 is 24.1 Å². The van der Waals surface area contributed by atoms with Crippen molar-refractivity contribution in [2.24, 2.45) is 0 Å². The molecule has 2 atom stereocenters. The number of ether oxygens (including phenoxy) is 3. The van der Waals surface area contributed by atoms with Crippen LogP contribution in [0, 0.1) is 0 Å². The molecule has 0 spiro atoms.